The molecular formula is C25H40N4. The average molecular weight is 397 g/mol. The summed E-state index contributed by atoms with van der Waals surface area (Å²) in [7, 11) is 0. The molecule has 4 unspecified atom stereocenters. The van der Waals surface area contributed by atoms with Gasteiger partial charge in [0.1, 0.15) is 0 Å². The van der Waals surface area contributed by atoms with Gasteiger partial charge in [0, 0.05) is 42.1 Å². The lowest BCUT2D eigenvalue weighted by atomic mass is 9.55. The third-order valence-electron chi connectivity index (χ3n) is 7.68. The van der Waals surface area contributed by atoms with Gasteiger partial charge in [-0.3, -0.25) is 15.0 Å². The van der Waals surface area contributed by atoms with Crippen LogP contribution in [0.5, 0.6) is 0 Å². The standard InChI is InChI=1S/C25H40N4/c1-13(2)17-9-21(26-17)25(22-10-18(27-22)14(3)4,23-11-19(28-23)15(5)6)24-12-20(29-24)16(7)8/h9,13-16,18,21,23-24,26H,10-12H2,1-8H3. The highest BCUT2D eigenvalue weighted by Crippen LogP contribution is 2.52. The van der Waals surface area contributed by atoms with Crippen LogP contribution in [0, 0.1) is 29.1 Å². The van der Waals surface area contributed by atoms with Gasteiger partial charge in [0.2, 0.25) is 0 Å². The Kier molecular flexibility index (Phi) is 5.28. The maximum absolute atomic E-state index is 5.22. The third kappa shape index (κ3) is 3.21. The van der Waals surface area contributed by atoms with Crippen molar-refractivity contribution in [3.8, 4) is 0 Å². The minimum Gasteiger partial charge on any atom is -0.381 e. The number of allylic oxidation sites excluding steroid dienone is 1. The molecule has 0 spiro atoms. The first-order chi connectivity index (χ1) is 13.6. The Bertz CT molecular complexity index is 702. The zero-order valence-corrected chi connectivity index (χ0v) is 19.7. The molecule has 0 aromatic rings. The molecule has 0 amide bonds. The number of aliphatic imine (C=N–C) groups is 3. The smallest absolute Gasteiger partial charge is 0.0774 e. The summed E-state index contributed by atoms with van der Waals surface area (Å²) in [5.41, 5.74) is 5.44. The van der Waals surface area contributed by atoms with Crippen LogP contribution in [-0.4, -0.2) is 41.3 Å². The van der Waals surface area contributed by atoms with Crippen molar-refractivity contribution in [1.82, 2.24) is 5.32 Å². The highest BCUT2D eigenvalue weighted by molar-refractivity contribution is 6.03. The van der Waals surface area contributed by atoms with Gasteiger partial charge in [-0.25, -0.2) is 0 Å². The quantitative estimate of drug-likeness (QED) is 0.610. The fraction of sp³-hybridized carbons (Fsp3) is 0.800. The molecule has 0 fully saturated rings. The number of nitrogens with one attached hydrogen (secondary N) is 1. The lowest BCUT2D eigenvalue weighted by Crippen LogP contribution is -2.69. The van der Waals surface area contributed by atoms with Crippen molar-refractivity contribution in [2.75, 3.05) is 0 Å². The average Bonchev–Trinajstić information content (AvgIpc) is 2.37. The summed E-state index contributed by atoms with van der Waals surface area (Å²) < 4.78 is 0. The van der Waals surface area contributed by atoms with Crippen LogP contribution in [-0.2, 0) is 0 Å². The molecule has 4 atom stereocenters. The Morgan fingerprint density at radius 2 is 1.24 bits per heavy atom. The molecule has 4 nitrogen and oxygen atoms in total. The summed E-state index contributed by atoms with van der Waals surface area (Å²) >= 11 is 0. The molecule has 0 radical (unpaired) electrons. The van der Waals surface area contributed by atoms with Crippen molar-refractivity contribution in [2.24, 2.45) is 44.1 Å². The molecule has 0 aromatic heterocycles. The lowest BCUT2D eigenvalue weighted by Gasteiger charge is -2.58. The third-order valence-corrected chi connectivity index (χ3v) is 7.68. The Morgan fingerprint density at radius 3 is 1.59 bits per heavy atom. The van der Waals surface area contributed by atoms with Gasteiger partial charge in [-0.1, -0.05) is 55.4 Å². The monoisotopic (exact) mass is 396 g/mol. The van der Waals surface area contributed by atoms with E-state index < -0.39 is 0 Å². The normalized spacial score (nSPS) is 33.0. The van der Waals surface area contributed by atoms with Crippen LogP contribution in [0.15, 0.2) is 26.8 Å². The molecule has 0 saturated heterocycles. The first-order valence-electron chi connectivity index (χ1n) is 11.8. The highest BCUT2D eigenvalue weighted by atomic mass is 15.1. The van der Waals surface area contributed by atoms with Crippen LogP contribution in [0.4, 0.5) is 0 Å². The first kappa shape index (κ1) is 20.8. The van der Waals surface area contributed by atoms with E-state index in [2.05, 4.69) is 66.8 Å². The van der Waals surface area contributed by atoms with Crippen LogP contribution in [0.1, 0.15) is 74.7 Å². The molecule has 1 N–H and O–H groups in total. The van der Waals surface area contributed by atoms with Gasteiger partial charge in [-0.2, -0.15) is 0 Å². The summed E-state index contributed by atoms with van der Waals surface area (Å²) in [5.74, 6) is 2.24. The predicted octanol–water partition coefficient (Wildman–Crippen LogP) is 5.09. The van der Waals surface area contributed by atoms with E-state index in [4.69, 9.17) is 15.0 Å². The van der Waals surface area contributed by atoms with Gasteiger partial charge in [0.15, 0.2) is 0 Å². The predicted molar refractivity (Wildman–Crippen MR) is 124 cm³/mol. The van der Waals surface area contributed by atoms with E-state index in [0.29, 0.717) is 47.8 Å². The second-order valence-corrected chi connectivity index (χ2v) is 10.9. The highest BCUT2D eigenvalue weighted by Gasteiger charge is 2.61. The summed E-state index contributed by atoms with van der Waals surface area (Å²) in [6, 6.07) is 1.42. The number of hydrogen-bond acceptors (Lipinski definition) is 4. The molecule has 0 aromatic carbocycles. The van der Waals surface area contributed by atoms with E-state index in [0.717, 1.165) is 19.3 Å². The first-order valence-corrected chi connectivity index (χ1v) is 11.8. The van der Waals surface area contributed by atoms with E-state index in [1.54, 1.807) is 0 Å². The Labute approximate surface area is 177 Å². The van der Waals surface area contributed by atoms with Crippen molar-refractivity contribution in [1.29, 1.82) is 0 Å². The van der Waals surface area contributed by atoms with Gasteiger partial charge in [0.05, 0.1) is 29.6 Å². The molecule has 4 aliphatic heterocycles. The molecule has 160 valence electrons. The molecule has 4 rings (SSSR count). The van der Waals surface area contributed by atoms with Crippen LogP contribution in [0.3, 0.4) is 0 Å². The van der Waals surface area contributed by atoms with E-state index in [1.807, 2.05) is 0 Å². The number of hydrogen-bond donors (Lipinski definition) is 1. The SMILES string of the molecule is CC(C)C1=CC(C(C2=NC(C(C)C)C2)(C2CC(C(C)C)=N2)C2CC(C(C)C)=N2)N1. The van der Waals surface area contributed by atoms with Gasteiger partial charge >= 0.3 is 0 Å². The number of rotatable bonds is 8. The van der Waals surface area contributed by atoms with Crippen LogP contribution < -0.4 is 5.32 Å². The van der Waals surface area contributed by atoms with E-state index >= 15 is 0 Å². The number of nitrogens with zero attached hydrogens (tertiary/aromatic N) is 3. The largest absolute Gasteiger partial charge is 0.381 e. The fourth-order valence-corrected chi connectivity index (χ4v) is 5.32. The molecular weight excluding hydrogens is 356 g/mol. The van der Waals surface area contributed by atoms with Gasteiger partial charge in [-0.15, -0.1) is 0 Å². The molecule has 4 heterocycles. The summed E-state index contributed by atoms with van der Waals surface area (Å²) in [6.45, 7) is 18.2. The van der Waals surface area contributed by atoms with Crippen molar-refractivity contribution in [3.63, 3.8) is 0 Å². The van der Waals surface area contributed by atoms with E-state index in [9.17, 15) is 0 Å². The zero-order valence-electron chi connectivity index (χ0n) is 19.7. The molecule has 0 saturated carbocycles. The topological polar surface area (TPSA) is 49.1 Å². The maximum Gasteiger partial charge on any atom is 0.0774 e. The second kappa shape index (κ2) is 7.35. The Hall–Kier alpha value is -1.45. The van der Waals surface area contributed by atoms with Crippen LogP contribution in [0.2, 0.25) is 0 Å². The van der Waals surface area contributed by atoms with Crippen molar-refractivity contribution >= 4 is 17.1 Å². The summed E-state index contributed by atoms with van der Waals surface area (Å²) in [4.78, 5) is 15.6. The second-order valence-electron chi connectivity index (χ2n) is 10.9. The van der Waals surface area contributed by atoms with Crippen LogP contribution >= 0.6 is 0 Å². The van der Waals surface area contributed by atoms with E-state index in [-0.39, 0.29) is 5.41 Å². The van der Waals surface area contributed by atoms with Crippen molar-refractivity contribution in [3.05, 3.63) is 11.8 Å². The van der Waals surface area contributed by atoms with Crippen molar-refractivity contribution in [2.45, 2.75) is 98.8 Å². The summed E-state index contributed by atoms with van der Waals surface area (Å²) in [6.07, 6.45) is 5.80. The van der Waals surface area contributed by atoms with Gasteiger partial charge < -0.3 is 5.32 Å². The molecule has 0 aliphatic carbocycles. The minimum atomic E-state index is -0.0689. The molecule has 0 bridgehead atoms. The zero-order chi connectivity index (χ0) is 21.1. The minimum absolute atomic E-state index is 0.0689. The van der Waals surface area contributed by atoms with Crippen molar-refractivity contribution < 1.29 is 0 Å². The van der Waals surface area contributed by atoms with Gasteiger partial charge in [0.25, 0.3) is 0 Å². The summed E-state index contributed by atoms with van der Waals surface area (Å²) in [5, 5.41) is 3.84. The fourth-order valence-electron chi connectivity index (χ4n) is 5.32. The maximum atomic E-state index is 5.22. The Morgan fingerprint density at radius 1 is 0.793 bits per heavy atom. The lowest BCUT2D eigenvalue weighted by molar-refractivity contribution is 0.177. The molecule has 4 heteroatoms. The Balaban J connectivity index is 1.74. The molecule has 29 heavy (non-hydrogen) atoms. The molecule has 4 aliphatic rings. The van der Waals surface area contributed by atoms with Crippen LogP contribution in [0.25, 0.3) is 0 Å². The van der Waals surface area contributed by atoms with E-state index in [1.165, 1.54) is 22.8 Å². The van der Waals surface area contributed by atoms with Gasteiger partial charge in [-0.05, 0) is 29.7 Å².